The molecule has 5 heteroatoms. The zero-order valence-electron chi connectivity index (χ0n) is 8.94. The average Bonchev–Trinajstić information content (AvgIpc) is 2.51. The minimum atomic E-state index is 0.312. The summed E-state index contributed by atoms with van der Waals surface area (Å²) in [4.78, 5) is 8.33. The first-order chi connectivity index (χ1) is 6.59. The van der Waals surface area contributed by atoms with Crippen LogP contribution in [0, 0.1) is 5.92 Å². The second-order valence-electron chi connectivity index (χ2n) is 3.55. The van der Waals surface area contributed by atoms with Crippen LogP contribution in [0.2, 0.25) is 0 Å². The smallest absolute Gasteiger partial charge is 0.152 e. The summed E-state index contributed by atoms with van der Waals surface area (Å²) in [5, 5.41) is 4.15. The Morgan fingerprint density at radius 3 is 2.86 bits per heavy atom. The van der Waals surface area contributed by atoms with Gasteiger partial charge in [0.05, 0.1) is 5.84 Å². The van der Waals surface area contributed by atoms with E-state index in [4.69, 9.17) is 5.73 Å². The van der Waals surface area contributed by atoms with E-state index in [0.29, 0.717) is 18.3 Å². The molecule has 0 aliphatic rings. The van der Waals surface area contributed by atoms with Crippen LogP contribution in [0.3, 0.4) is 0 Å². The molecular formula is C9H17N5. The summed E-state index contributed by atoms with van der Waals surface area (Å²) in [6.07, 6.45) is 2.43. The van der Waals surface area contributed by atoms with E-state index in [2.05, 4.69) is 15.1 Å². The highest BCUT2D eigenvalue weighted by molar-refractivity contribution is 5.82. The molecule has 0 aromatic carbocycles. The summed E-state index contributed by atoms with van der Waals surface area (Å²) in [6, 6.07) is 0. The quantitative estimate of drug-likeness (QED) is 0.557. The number of hydrogen-bond acceptors (Lipinski definition) is 3. The molecule has 0 aliphatic carbocycles. The number of nitrogens with zero attached hydrogens (tertiary/aromatic N) is 4. The van der Waals surface area contributed by atoms with Crippen LogP contribution >= 0.6 is 0 Å². The van der Waals surface area contributed by atoms with Crippen LogP contribution in [0.4, 0.5) is 0 Å². The molecule has 1 aromatic rings. The van der Waals surface area contributed by atoms with E-state index in [-0.39, 0.29) is 0 Å². The van der Waals surface area contributed by atoms with Gasteiger partial charge in [0, 0.05) is 25.9 Å². The van der Waals surface area contributed by atoms with Gasteiger partial charge in [0.25, 0.3) is 0 Å². The number of nitrogens with two attached hydrogens (primary N) is 1. The van der Waals surface area contributed by atoms with Crippen molar-refractivity contribution in [1.29, 1.82) is 0 Å². The molecule has 0 spiro atoms. The lowest BCUT2D eigenvalue weighted by Crippen LogP contribution is -2.19. The lowest BCUT2D eigenvalue weighted by atomic mass is 10.2. The third kappa shape index (κ3) is 3.16. The van der Waals surface area contributed by atoms with Crippen LogP contribution < -0.4 is 5.73 Å². The minimum Gasteiger partial charge on any atom is -0.387 e. The van der Waals surface area contributed by atoms with Crippen molar-refractivity contribution >= 4 is 5.84 Å². The fourth-order valence-corrected chi connectivity index (χ4v) is 0.966. The van der Waals surface area contributed by atoms with E-state index in [1.54, 1.807) is 11.0 Å². The van der Waals surface area contributed by atoms with E-state index in [1.807, 2.05) is 20.9 Å². The van der Waals surface area contributed by atoms with E-state index in [9.17, 15) is 0 Å². The molecule has 78 valence electrons. The first-order valence-corrected chi connectivity index (χ1v) is 4.74. The SMILES string of the molecule is CC(C)C(N)=NCCc1ncn(C)n1. The van der Waals surface area contributed by atoms with Gasteiger partial charge in [-0.25, -0.2) is 4.98 Å². The maximum absolute atomic E-state index is 5.69. The number of aryl methyl sites for hydroxylation is 1. The number of amidine groups is 1. The third-order valence-corrected chi connectivity index (χ3v) is 1.87. The van der Waals surface area contributed by atoms with E-state index < -0.39 is 0 Å². The summed E-state index contributed by atoms with van der Waals surface area (Å²) in [5.74, 6) is 1.82. The summed E-state index contributed by atoms with van der Waals surface area (Å²) < 4.78 is 1.69. The first-order valence-electron chi connectivity index (χ1n) is 4.74. The Morgan fingerprint density at radius 2 is 2.36 bits per heavy atom. The number of aromatic nitrogens is 3. The van der Waals surface area contributed by atoms with Crippen molar-refractivity contribution in [3.05, 3.63) is 12.2 Å². The molecule has 5 nitrogen and oxygen atoms in total. The Morgan fingerprint density at radius 1 is 1.64 bits per heavy atom. The minimum absolute atomic E-state index is 0.312. The highest BCUT2D eigenvalue weighted by atomic mass is 15.3. The summed E-state index contributed by atoms with van der Waals surface area (Å²) >= 11 is 0. The molecule has 0 atom stereocenters. The summed E-state index contributed by atoms with van der Waals surface area (Å²) in [5.41, 5.74) is 5.69. The lowest BCUT2D eigenvalue weighted by molar-refractivity contribution is 0.737. The van der Waals surface area contributed by atoms with Gasteiger partial charge in [-0.2, -0.15) is 5.10 Å². The fraction of sp³-hybridized carbons (Fsp3) is 0.667. The molecule has 0 aliphatic heterocycles. The zero-order chi connectivity index (χ0) is 10.6. The molecular weight excluding hydrogens is 178 g/mol. The number of aliphatic imine (C=N–C) groups is 1. The highest BCUT2D eigenvalue weighted by Gasteiger charge is 2.00. The van der Waals surface area contributed by atoms with Gasteiger partial charge in [-0.3, -0.25) is 9.67 Å². The van der Waals surface area contributed by atoms with Gasteiger partial charge >= 0.3 is 0 Å². The molecule has 1 heterocycles. The topological polar surface area (TPSA) is 69.1 Å². The largest absolute Gasteiger partial charge is 0.387 e. The predicted molar refractivity (Wildman–Crippen MR) is 56.0 cm³/mol. The number of hydrogen-bond donors (Lipinski definition) is 1. The standard InChI is InChI=1S/C9H17N5/c1-7(2)9(10)11-5-4-8-12-6-14(3)13-8/h6-7H,4-5H2,1-3H3,(H2,10,11). The van der Waals surface area contributed by atoms with Gasteiger partial charge in [0.2, 0.25) is 0 Å². The van der Waals surface area contributed by atoms with Gasteiger partial charge in [-0.1, -0.05) is 13.8 Å². The molecule has 0 radical (unpaired) electrons. The fourth-order valence-electron chi connectivity index (χ4n) is 0.966. The van der Waals surface area contributed by atoms with Crippen molar-refractivity contribution in [3.63, 3.8) is 0 Å². The van der Waals surface area contributed by atoms with Crippen molar-refractivity contribution in [1.82, 2.24) is 14.8 Å². The van der Waals surface area contributed by atoms with Gasteiger partial charge in [-0.05, 0) is 0 Å². The van der Waals surface area contributed by atoms with E-state index >= 15 is 0 Å². The lowest BCUT2D eigenvalue weighted by Gasteiger charge is -2.02. The molecule has 0 bridgehead atoms. The van der Waals surface area contributed by atoms with Crippen LogP contribution in [-0.2, 0) is 13.5 Å². The van der Waals surface area contributed by atoms with Crippen LogP contribution in [0.5, 0.6) is 0 Å². The average molecular weight is 195 g/mol. The Labute approximate surface area is 84.0 Å². The Hall–Kier alpha value is -1.39. The maximum Gasteiger partial charge on any atom is 0.152 e. The molecule has 0 unspecified atom stereocenters. The van der Waals surface area contributed by atoms with Crippen LogP contribution in [0.1, 0.15) is 19.7 Å². The second-order valence-corrected chi connectivity index (χ2v) is 3.55. The zero-order valence-corrected chi connectivity index (χ0v) is 8.94. The molecule has 2 N–H and O–H groups in total. The maximum atomic E-state index is 5.69. The van der Waals surface area contributed by atoms with Crippen molar-refractivity contribution in [3.8, 4) is 0 Å². The van der Waals surface area contributed by atoms with E-state index in [1.165, 1.54) is 0 Å². The Balaban J connectivity index is 2.38. The molecule has 0 saturated heterocycles. The molecule has 1 rings (SSSR count). The van der Waals surface area contributed by atoms with Gasteiger partial charge < -0.3 is 5.73 Å². The predicted octanol–water partition coefficient (Wildman–Crippen LogP) is 0.371. The molecule has 0 amide bonds. The van der Waals surface area contributed by atoms with Gasteiger partial charge in [-0.15, -0.1) is 0 Å². The van der Waals surface area contributed by atoms with E-state index in [0.717, 1.165) is 12.2 Å². The van der Waals surface area contributed by atoms with Crippen LogP contribution in [0.25, 0.3) is 0 Å². The molecule has 14 heavy (non-hydrogen) atoms. The number of rotatable bonds is 4. The summed E-state index contributed by atoms with van der Waals surface area (Å²) in [6.45, 7) is 4.71. The second kappa shape index (κ2) is 4.74. The Bertz CT molecular complexity index is 313. The van der Waals surface area contributed by atoms with Crippen LogP contribution in [0.15, 0.2) is 11.3 Å². The van der Waals surface area contributed by atoms with Crippen LogP contribution in [-0.4, -0.2) is 27.1 Å². The third-order valence-electron chi connectivity index (χ3n) is 1.87. The van der Waals surface area contributed by atoms with Crippen molar-refractivity contribution in [2.75, 3.05) is 6.54 Å². The van der Waals surface area contributed by atoms with Crippen molar-refractivity contribution in [2.45, 2.75) is 20.3 Å². The normalized spacial score (nSPS) is 12.4. The molecule has 0 fully saturated rings. The van der Waals surface area contributed by atoms with Crippen molar-refractivity contribution < 1.29 is 0 Å². The van der Waals surface area contributed by atoms with Crippen molar-refractivity contribution in [2.24, 2.45) is 23.7 Å². The van der Waals surface area contributed by atoms with Gasteiger partial charge in [0.15, 0.2) is 5.82 Å². The Kier molecular flexibility index (Phi) is 3.62. The van der Waals surface area contributed by atoms with Gasteiger partial charge in [0.1, 0.15) is 6.33 Å². The first kappa shape index (κ1) is 10.7. The molecule has 1 aromatic heterocycles. The monoisotopic (exact) mass is 195 g/mol. The summed E-state index contributed by atoms with van der Waals surface area (Å²) in [7, 11) is 1.85. The highest BCUT2D eigenvalue weighted by Crippen LogP contribution is 1.94. The molecule has 0 saturated carbocycles.